The van der Waals surface area contributed by atoms with Gasteiger partial charge in [0.15, 0.2) is 0 Å². The van der Waals surface area contributed by atoms with Gasteiger partial charge in [0.25, 0.3) is 0 Å². The van der Waals surface area contributed by atoms with Crippen LogP contribution in [0.4, 0.5) is 11.4 Å². The number of hydrogen-bond acceptors (Lipinski definition) is 5. The Hall–Kier alpha value is -4.03. The second-order valence-corrected chi connectivity index (χ2v) is 8.52. The fourth-order valence-electron chi connectivity index (χ4n) is 4.56. The van der Waals surface area contributed by atoms with Crippen molar-refractivity contribution in [2.24, 2.45) is 0 Å². The largest absolute Gasteiger partial charge is 0.507 e. The monoisotopic (exact) mass is 454 g/mol. The third kappa shape index (κ3) is 4.16. The maximum atomic E-state index is 11.6. The third-order valence-electron chi connectivity index (χ3n) is 6.30. The molecule has 2 atom stereocenters. The molecule has 3 N–H and O–H groups in total. The van der Waals surface area contributed by atoms with E-state index in [9.17, 15) is 15.0 Å². The topological polar surface area (TPSA) is 82.0 Å². The minimum atomic E-state index is -1.16. The number of hydrogen-bond donors (Lipinski definition) is 3. The normalized spacial score (nSPS) is 16.0. The first-order valence-corrected chi connectivity index (χ1v) is 11.3. The quantitative estimate of drug-likeness (QED) is 0.357. The van der Waals surface area contributed by atoms with E-state index in [2.05, 4.69) is 48.6 Å². The molecular weight excluding hydrogens is 428 g/mol. The highest BCUT2D eigenvalue weighted by Gasteiger charge is 2.28. The smallest absolute Gasteiger partial charge is 0.339 e. The fourth-order valence-corrected chi connectivity index (χ4v) is 4.56. The van der Waals surface area contributed by atoms with Crippen LogP contribution in [0.25, 0.3) is 10.8 Å². The zero-order valence-corrected chi connectivity index (χ0v) is 18.8. The van der Waals surface area contributed by atoms with Gasteiger partial charge in [-0.05, 0) is 53.6 Å². The predicted molar refractivity (Wildman–Crippen MR) is 133 cm³/mol. The summed E-state index contributed by atoms with van der Waals surface area (Å²) in [5.41, 5.74) is 2.66. The summed E-state index contributed by atoms with van der Waals surface area (Å²) in [5.74, 6) is -0.675. The molecule has 1 aliphatic rings. The number of nitrogens with zero attached hydrogens (tertiary/aromatic N) is 1. The lowest BCUT2D eigenvalue weighted by molar-refractivity contribution is 0.0693. The number of carbonyl (C=O) groups is 1. The summed E-state index contributed by atoms with van der Waals surface area (Å²) in [6.45, 7) is 3.30. The molecule has 0 saturated heterocycles. The van der Waals surface area contributed by atoms with Crippen LogP contribution >= 0.6 is 0 Å². The van der Waals surface area contributed by atoms with Crippen molar-refractivity contribution in [3.63, 3.8) is 0 Å². The summed E-state index contributed by atoms with van der Waals surface area (Å²) in [6, 6.07) is 27.2. The van der Waals surface area contributed by atoms with Gasteiger partial charge in [-0.15, -0.1) is 0 Å². The van der Waals surface area contributed by atoms with Gasteiger partial charge in [0.2, 0.25) is 0 Å². The van der Waals surface area contributed by atoms with Crippen molar-refractivity contribution in [2.45, 2.75) is 19.1 Å². The molecule has 0 fully saturated rings. The van der Waals surface area contributed by atoms with Crippen molar-refractivity contribution in [1.29, 1.82) is 0 Å². The van der Waals surface area contributed by atoms with Crippen LogP contribution in [0, 0.1) is 0 Å². The number of anilines is 2. The molecule has 0 saturated carbocycles. The Kier molecular flexibility index (Phi) is 5.82. The van der Waals surface area contributed by atoms with E-state index >= 15 is 0 Å². The second-order valence-electron chi connectivity index (χ2n) is 8.52. The highest BCUT2D eigenvalue weighted by atomic mass is 16.5. The minimum Gasteiger partial charge on any atom is -0.507 e. The molecule has 6 nitrogen and oxygen atoms in total. The van der Waals surface area contributed by atoms with Crippen LogP contribution in [0.5, 0.6) is 11.5 Å². The summed E-state index contributed by atoms with van der Waals surface area (Å²) in [7, 11) is 0. The summed E-state index contributed by atoms with van der Waals surface area (Å²) in [6.07, 6.45) is -0.158. The van der Waals surface area contributed by atoms with Gasteiger partial charge in [-0.25, -0.2) is 4.79 Å². The maximum absolute atomic E-state index is 11.6. The van der Waals surface area contributed by atoms with Crippen molar-refractivity contribution in [1.82, 2.24) is 5.32 Å². The van der Waals surface area contributed by atoms with Gasteiger partial charge in [0.05, 0.1) is 12.2 Å². The molecule has 0 aromatic heterocycles. The van der Waals surface area contributed by atoms with E-state index in [-0.39, 0.29) is 23.5 Å². The molecule has 0 aliphatic carbocycles. The Bertz CT molecular complexity index is 1350. The predicted octanol–water partition coefficient (Wildman–Crippen LogP) is 5.49. The molecule has 1 aliphatic heterocycles. The molecule has 34 heavy (non-hydrogen) atoms. The van der Waals surface area contributed by atoms with Gasteiger partial charge in [-0.3, -0.25) is 0 Å². The Morgan fingerprint density at radius 3 is 2.68 bits per heavy atom. The van der Waals surface area contributed by atoms with Gasteiger partial charge in [-0.1, -0.05) is 54.6 Å². The fraction of sp³-hybridized carbons (Fsp3) is 0.179. The molecule has 4 aromatic carbocycles. The third-order valence-corrected chi connectivity index (χ3v) is 6.30. The van der Waals surface area contributed by atoms with Crippen LogP contribution in [0.2, 0.25) is 0 Å². The first-order valence-electron chi connectivity index (χ1n) is 11.3. The van der Waals surface area contributed by atoms with Gasteiger partial charge >= 0.3 is 5.97 Å². The van der Waals surface area contributed by atoms with Gasteiger partial charge < -0.3 is 25.2 Å². The molecule has 0 amide bonds. The van der Waals surface area contributed by atoms with Crippen LogP contribution in [0.15, 0.2) is 84.9 Å². The summed E-state index contributed by atoms with van der Waals surface area (Å²) in [5, 5.41) is 25.5. The first kappa shape index (κ1) is 21.8. The van der Waals surface area contributed by atoms with E-state index in [1.54, 1.807) is 6.07 Å². The van der Waals surface area contributed by atoms with Gasteiger partial charge in [-0.2, -0.15) is 0 Å². The molecule has 0 bridgehead atoms. The summed E-state index contributed by atoms with van der Waals surface area (Å²) >= 11 is 0. The van der Waals surface area contributed by atoms with E-state index in [4.69, 9.17) is 4.74 Å². The zero-order valence-electron chi connectivity index (χ0n) is 18.8. The Labute approximate surface area is 198 Å². The van der Waals surface area contributed by atoms with Gasteiger partial charge in [0.1, 0.15) is 23.2 Å². The Balaban J connectivity index is 1.39. The molecule has 172 valence electrons. The SMILES string of the molecule is C[C@@H](NCC1CN(c2ccc(O)c(C(=O)O)c2)c2ccccc2O1)c1cccc2ccccc12. The van der Waals surface area contributed by atoms with Crippen LogP contribution in [-0.4, -0.2) is 35.4 Å². The summed E-state index contributed by atoms with van der Waals surface area (Å²) in [4.78, 5) is 13.6. The number of fused-ring (bicyclic) bond motifs is 2. The van der Waals surface area contributed by atoms with Crippen molar-refractivity contribution < 1.29 is 19.7 Å². The van der Waals surface area contributed by atoms with Crippen molar-refractivity contribution in [3.05, 3.63) is 96.1 Å². The molecule has 1 heterocycles. The number of aromatic hydroxyl groups is 1. The van der Waals surface area contributed by atoms with E-state index in [1.807, 2.05) is 35.2 Å². The number of ether oxygens (including phenoxy) is 1. The molecule has 1 unspecified atom stereocenters. The molecule has 6 heteroatoms. The Morgan fingerprint density at radius 2 is 1.82 bits per heavy atom. The van der Waals surface area contributed by atoms with Crippen LogP contribution < -0.4 is 15.0 Å². The van der Waals surface area contributed by atoms with Crippen molar-refractivity contribution >= 4 is 28.1 Å². The number of nitrogens with one attached hydrogen (secondary N) is 1. The van der Waals surface area contributed by atoms with Crippen molar-refractivity contribution in [3.8, 4) is 11.5 Å². The Morgan fingerprint density at radius 1 is 1.06 bits per heavy atom. The van der Waals surface area contributed by atoms with Crippen LogP contribution in [0.3, 0.4) is 0 Å². The van der Waals surface area contributed by atoms with Crippen LogP contribution in [-0.2, 0) is 0 Å². The molecule has 4 aromatic rings. The minimum absolute atomic E-state index is 0.118. The van der Waals surface area contributed by atoms with Gasteiger partial charge in [0, 0.05) is 18.3 Å². The van der Waals surface area contributed by atoms with E-state index < -0.39 is 5.97 Å². The molecule has 0 spiro atoms. The highest BCUT2D eigenvalue weighted by Crippen LogP contribution is 2.39. The number of aromatic carboxylic acids is 1. The number of benzene rings is 4. The van der Waals surface area contributed by atoms with E-state index in [1.165, 1.54) is 28.5 Å². The molecule has 0 radical (unpaired) electrons. The number of rotatable bonds is 6. The maximum Gasteiger partial charge on any atom is 0.339 e. The molecular formula is C28H26N2O4. The summed E-state index contributed by atoms with van der Waals surface area (Å²) < 4.78 is 6.29. The lowest BCUT2D eigenvalue weighted by Gasteiger charge is -2.37. The number of phenols is 1. The van der Waals surface area contributed by atoms with Crippen molar-refractivity contribution in [2.75, 3.05) is 18.0 Å². The van der Waals surface area contributed by atoms with E-state index in [0.717, 1.165) is 11.4 Å². The highest BCUT2D eigenvalue weighted by molar-refractivity contribution is 5.92. The molecule has 5 rings (SSSR count). The lowest BCUT2D eigenvalue weighted by atomic mass is 9.99. The standard InChI is InChI=1S/C28H26N2O4/c1-18(22-10-6-8-19-7-2-3-9-23(19)22)29-16-21-17-30(25-11-4-5-12-27(25)34-21)20-13-14-26(31)24(15-20)28(32)33/h2-15,18,21,29,31H,16-17H2,1H3,(H,32,33)/t18-,21?/m1/s1. The lowest BCUT2D eigenvalue weighted by Crippen LogP contribution is -2.44. The zero-order chi connectivity index (χ0) is 23.7. The number of carboxylic acids is 1. The van der Waals surface area contributed by atoms with E-state index in [0.29, 0.717) is 18.8 Å². The average Bonchev–Trinajstić information content (AvgIpc) is 2.86. The second kappa shape index (κ2) is 9.08. The first-order chi connectivity index (χ1) is 16.5. The number of carboxylic acid groups (broad SMARTS) is 1. The number of para-hydroxylation sites is 2. The average molecular weight is 455 g/mol. The van der Waals surface area contributed by atoms with Crippen LogP contribution in [0.1, 0.15) is 28.9 Å².